The number of aromatic nitrogens is 1. The maximum atomic E-state index is 11.8. The van der Waals surface area contributed by atoms with Crippen molar-refractivity contribution in [2.45, 2.75) is 53.2 Å². The second kappa shape index (κ2) is 7.86. The van der Waals surface area contributed by atoms with Crippen molar-refractivity contribution in [3.63, 3.8) is 0 Å². The Morgan fingerprint density at radius 3 is 2.78 bits per heavy atom. The van der Waals surface area contributed by atoms with E-state index in [9.17, 15) is 4.79 Å². The van der Waals surface area contributed by atoms with E-state index >= 15 is 0 Å². The summed E-state index contributed by atoms with van der Waals surface area (Å²) in [4.78, 5) is 11.8. The van der Waals surface area contributed by atoms with Crippen LogP contribution in [0.3, 0.4) is 0 Å². The molecule has 1 atom stereocenters. The lowest BCUT2D eigenvalue weighted by Crippen LogP contribution is -2.40. The van der Waals surface area contributed by atoms with E-state index in [4.69, 9.17) is 0 Å². The third-order valence-electron chi connectivity index (χ3n) is 4.19. The fourth-order valence-corrected chi connectivity index (χ4v) is 2.47. The molecule has 4 nitrogen and oxygen atoms in total. The third kappa shape index (κ3) is 4.88. The average Bonchev–Trinajstić information content (AvgIpc) is 2.96. The van der Waals surface area contributed by atoms with Gasteiger partial charge in [-0.15, -0.1) is 0 Å². The van der Waals surface area contributed by atoms with Crippen LogP contribution >= 0.6 is 0 Å². The predicted molar refractivity (Wildman–Crippen MR) is 94.6 cm³/mol. The van der Waals surface area contributed by atoms with Gasteiger partial charge in [-0.3, -0.25) is 0 Å². The third-order valence-corrected chi connectivity index (χ3v) is 4.19. The van der Waals surface area contributed by atoms with Crippen LogP contribution in [0.2, 0.25) is 0 Å². The number of aryl methyl sites for hydroxylation is 2. The molecular weight excluding hydrogens is 286 g/mol. The second-order valence-corrected chi connectivity index (χ2v) is 6.19. The number of hydrogen-bond donors (Lipinski definition) is 2. The molecule has 1 aromatic carbocycles. The molecule has 0 saturated carbocycles. The molecule has 0 bridgehead atoms. The highest BCUT2D eigenvalue weighted by Gasteiger charge is 2.08. The number of benzene rings is 1. The molecule has 0 unspecified atom stereocenters. The molecule has 0 spiro atoms. The van der Waals surface area contributed by atoms with Crippen LogP contribution in [-0.2, 0) is 13.1 Å². The van der Waals surface area contributed by atoms with Crippen molar-refractivity contribution in [1.82, 2.24) is 15.2 Å². The number of hydrogen-bond acceptors (Lipinski definition) is 1. The van der Waals surface area contributed by atoms with Gasteiger partial charge in [0, 0.05) is 24.5 Å². The Hall–Kier alpha value is -2.23. The highest BCUT2D eigenvalue weighted by molar-refractivity contribution is 5.74. The summed E-state index contributed by atoms with van der Waals surface area (Å²) in [7, 11) is 0. The molecule has 0 aliphatic rings. The molecule has 124 valence electrons. The van der Waals surface area contributed by atoms with Crippen molar-refractivity contribution >= 4 is 6.03 Å². The van der Waals surface area contributed by atoms with Crippen molar-refractivity contribution in [2.24, 2.45) is 0 Å². The van der Waals surface area contributed by atoms with Gasteiger partial charge in [0.1, 0.15) is 0 Å². The van der Waals surface area contributed by atoms with E-state index in [0.717, 1.165) is 18.7 Å². The van der Waals surface area contributed by atoms with Gasteiger partial charge >= 0.3 is 6.03 Å². The molecule has 0 radical (unpaired) electrons. The summed E-state index contributed by atoms with van der Waals surface area (Å²) >= 11 is 0. The summed E-state index contributed by atoms with van der Waals surface area (Å²) in [5.74, 6) is 0. The van der Waals surface area contributed by atoms with Crippen LogP contribution in [0, 0.1) is 13.8 Å². The minimum absolute atomic E-state index is 0.112. The minimum atomic E-state index is -0.112. The molecule has 2 amide bonds. The normalized spacial score (nSPS) is 12.0. The van der Waals surface area contributed by atoms with Crippen molar-refractivity contribution < 1.29 is 4.79 Å². The molecule has 0 aliphatic carbocycles. The van der Waals surface area contributed by atoms with Crippen LogP contribution in [-0.4, -0.2) is 16.6 Å². The Labute approximate surface area is 138 Å². The topological polar surface area (TPSA) is 46.1 Å². The van der Waals surface area contributed by atoms with Crippen LogP contribution in [0.25, 0.3) is 0 Å². The quantitative estimate of drug-likeness (QED) is 0.838. The van der Waals surface area contributed by atoms with E-state index in [-0.39, 0.29) is 12.1 Å². The predicted octanol–water partition coefficient (Wildman–Crippen LogP) is 3.75. The smallest absolute Gasteiger partial charge is 0.315 e. The molecule has 0 fully saturated rings. The largest absolute Gasteiger partial charge is 0.345 e. The van der Waals surface area contributed by atoms with Gasteiger partial charge in [-0.05, 0) is 50.5 Å². The van der Waals surface area contributed by atoms with Crippen LogP contribution in [0.1, 0.15) is 42.7 Å². The van der Waals surface area contributed by atoms with Crippen molar-refractivity contribution in [3.05, 3.63) is 58.9 Å². The Kier molecular flexibility index (Phi) is 5.85. The van der Waals surface area contributed by atoms with Crippen molar-refractivity contribution in [3.8, 4) is 0 Å². The molecule has 4 heteroatoms. The van der Waals surface area contributed by atoms with E-state index in [1.807, 2.05) is 13.0 Å². The first-order valence-electron chi connectivity index (χ1n) is 8.24. The Morgan fingerprint density at radius 1 is 1.26 bits per heavy atom. The fraction of sp³-hybridized carbons (Fsp3) is 0.421. The number of amides is 2. The first-order chi connectivity index (χ1) is 11.0. The molecule has 2 N–H and O–H groups in total. The van der Waals surface area contributed by atoms with Gasteiger partial charge in [0.25, 0.3) is 0 Å². The number of carbonyl (C=O) groups excluding carboxylic acids is 1. The SMILES string of the molecule is CC[C@H](C)NC(=O)NCc1cccn1Cc1cc(C)ccc1C. The van der Waals surface area contributed by atoms with Gasteiger partial charge in [0.2, 0.25) is 0 Å². The number of urea groups is 1. The van der Waals surface area contributed by atoms with E-state index in [1.54, 1.807) is 0 Å². The summed E-state index contributed by atoms with van der Waals surface area (Å²) in [6, 6.07) is 10.7. The molecular formula is C19H27N3O. The van der Waals surface area contributed by atoms with Gasteiger partial charge in [-0.25, -0.2) is 4.79 Å². The highest BCUT2D eigenvalue weighted by atomic mass is 16.2. The minimum Gasteiger partial charge on any atom is -0.345 e. The molecule has 0 saturated heterocycles. The molecule has 1 heterocycles. The first-order valence-corrected chi connectivity index (χ1v) is 8.24. The Bertz CT molecular complexity index is 660. The zero-order chi connectivity index (χ0) is 16.8. The first kappa shape index (κ1) is 17.1. The zero-order valence-electron chi connectivity index (χ0n) is 14.5. The molecule has 2 aromatic rings. The monoisotopic (exact) mass is 313 g/mol. The lowest BCUT2D eigenvalue weighted by atomic mass is 10.1. The highest BCUT2D eigenvalue weighted by Crippen LogP contribution is 2.14. The summed E-state index contributed by atoms with van der Waals surface area (Å²) in [6.07, 6.45) is 2.99. The lowest BCUT2D eigenvalue weighted by Gasteiger charge is -2.15. The average molecular weight is 313 g/mol. The maximum Gasteiger partial charge on any atom is 0.315 e. The van der Waals surface area contributed by atoms with Crippen LogP contribution in [0.5, 0.6) is 0 Å². The van der Waals surface area contributed by atoms with Crippen LogP contribution in [0.15, 0.2) is 36.5 Å². The summed E-state index contributed by atoms with van der Waals surface area (Å²) in [6.45, 7) is 9.66. The van der Waals surface area contributed by atoms with Gasteiger partial charge in [0.15, 0.2) is 0 Å². The standard InChI is InChI=1S/C19H27N3O/c1-5-16(4)21-19(23)20-12-18-7-6-10-22(18)13-17-11-14(2)8-9-15(17)3/h6-11,16H,5,12-13H2,1-4H3,(H2,20,21,23)/t16-/m0/s1. The molecule has 2 rings (SSSR count). The summed E-state index contributed by atoms with van der Waals surface area (Å²) in [5, 5.41) is 5.85. The van der Waals surface area contributed by atoms with Crippen molar-refractivity contribution in [2.75, 3.05) is 0 Å². The van der Waals surface area contributed by atoms with Gasteiger partial charge in [-0.1, -0.05) is 30.7 Å². The van der Waals surface area contributed by atoms with Crippen LogP contribution < -0.4 is 10.6 Å². The number of rotatable bonds is 6. The Morgan fingerprint density at radius 2 is 2.04 bits per heavy atom. The van der Waals surface area contributed by atoms with Crippen molar-refractivity contribution in [1.29, 1.82) is 0 Å². The fourth-order valence-electron chi connectivity index (χ4n) is 2.47. The molecule has 23 heavy (non-hydrogen) atoms. The maximum absolute atomic E-state index is 11.8. The lowest BCUT2D eigenvalue weighted by molar-refractivity contribution is 0.237. The van der Waals surface area contributed by atoms with E-state index in [2.05, 4.69) is 66.4 Å². The van der Waals surface area contributed by atoms with Gasteiger partial charge in [-0.2, -0.15) is 0 Å². The molecule has 1 aromatic heterocycles. The summed E-state index contributed by atoms with van der Waals surface area (Å²) < 4.78 is 2.19. The van der Waals surface area contributed by atoms with E-state index in [1.165, 1.54) is 16.7 Å². The van der Waals surface area contributed by atoms with E-state index in [0.29, 0.717) is 6.54 Å². The summed E-state index contributed by atoms with van der Waals surface area (Å²) in [5.41, 5.74) is 4.97. The van der Waals surface area contributed by atoms with Gasteiger partial charge < -0.3 is 15.2 Å². The number of carbonyl (C=O) groups is 1. The number of nitrogens with one attached hydrogen (secondary N) is 2. The second-order valence-electron chi connectivity index (χ2n) is 6.19. The number of nitrogens with zero attached hydrogens (tertiary/aromatic N) is 1. The van der Waals surface area contributed by atoms with Gasteiger partial charge in [0.05, 0.1) is 6.54 Å². The Balaban J connectivity index is 1.99. The zero-order valence-corrected chi connectivity index (χ0v) is 14.5. The van der Waals surface area contributed by atoms with Crippen LogP contribution in [0.4, 0.5) is 4.79 Å². The van der Waals surface area contributed by atoms with E-state index < -0.39 is 0 Å². The molecule has 0 aliphatic heterocycles.